The fraction of sp³-hybridized carbons (Fsp3) is 1.00. The van der Waals surface area contributed by atoms with Gasteiger partial charge in [0, 0.05) is 0 Å². The molecule has 47 heavy (non-hydrogen) atoms. The Balaban J connectivity index is 0. The van der Waals surface area contributed by atoms with E-state index in [1.807, 2.05) is 0 Å². The molecule has 0 N–H and O–H groups in total. The minimum absolute atomic E-state index is 0.808. The molecule has 0 heterocycles. The Labute approximate surface area is 297 Å². The summed E-state index contributed by atoms with van der Waals surface area (Å²) in [6, 6.07) is 0. The van der Waals surface area contributed by atoms with Crippen molar-refractivity contribution >= 4 is 10.4 Å². The highest BCUT2D eigenvalue weighted by atomic mass is 32.3. The van der Waals surface area contributed by atoms with Crippen LogP contribution in [0.1, 0.15) is 232 Å². The van der Waals surface area contributed by atoms with Gasteiger partial charge in [-0.15, -0.1) is 0 Å². The van der Waals surface area contributed by atoms with Crippen molar-refractivity contribution in [3.8, 4) is 0 Å². The number of nitrogens with zero attached hydrogens (tertiary/aromatic N) is 1. The second-order valence-corrected chi connectivity index (χ2v) is 16.4. The molecule has 0 aliphatic carbocycles. The highest BCUT2D eigenvalue weighted by Crippen LogP contribution is 2.16. The molecule has 0 unspecified atom stereocenters. The van der Waals surface area contributed by atoms with Crippen molar-refractivity contribution in [2.75, 3.05) is 34.3 Å². The molecule has 0 radical (unpaired) electrons. The van der Waals surface area contributed by atoms with Crippen LogP contribution in [-0.2, 0) is 14.6 Å². The Morgan fingerprint density at radius 3 is 0.681 bits per heavy atom. The minimum atomic E-state index is -4.41. The third kappa shape index (κ3) is 48.0. The van der Waals surface area contributed by atoms with Gasteiger partial charge in [-0.1, -0.05) is 206 Å². The summed E-state index contributed by atoms with van der Waals surface area (Å²) in [4.78, 5) is 0. The van der Waals surface area contributed by atoms with Crippen molar-refractivity contribution in [3.05, 3.63) is 0 Å². The lowest BCUT2D eigenvalue weighted by Gasteiger charge is -2.30. The predicted molar refractivity (Wildman–Crippen MR) is 207 cm³/mol. The maximum Gasteiger partial charge on any atom is 0.217 e. The normalized spacial score (nSPS) is 12.0. The molecular weight excluding hydrogens is 603 g/mol. The Hall–Kier alpha value is -0.170. The maximum absolute atomic E-state index is 9.22. The summed E-state index contributed by atoms with van der Waals surface area (Å²) < 4.78 is 32.3. The first kappa shape index (κ1) is 48.9. The van der Waals surface area contributed by atoms with E-state index in [-0.39, 0.29) is 0 Å². The minimum Gasteiger partial charge on any atom is -0.726 e. The summed E-state index contributed by atoms with van der Waals surface area (Å²) in [6.07, 6.45) is 49.9. The highest BCUT2D eigenvalue weighted by Gasteiger charge is 2.13. The van der Waals surface area contributed by atoms with Gasteiger partial charge in [0.15, 0.2) is 0 Å². The van der Waals surface area contributed by atoms with E-state index in [2.05, 4.69) is 32.1 Å². The molecule has 0 aromatic rings. The van der Waals surface area contributed by atoms with Crippen molar-refractivity contribution in [1.29, 1.82) is 0 Å². The Morgan fingerprint density at radius 1 is 0.383 bits per heavy atom. The van der Waals surface area contributed by atoms with E-state index in [4.69, 9.17) is 0 Å². The summed E-state index contributed by atoms with van der Waals surface area (Å²) in [5.41, 5.74) is 0. The van der Waals surface area contributed by atoms with Crippen LogP contribution < -0.4 is 0 Å². The summed E-state index contributed by atoms with van der Waals surface area (Å²) >= 11 is 0. The van der Waals surface area contributed by atoms with Crippen LogP contribution in [0.2, 0.25) is 0 Å². The largest absolute Gasteiger partial charge is 0.726 e. The average Bonchev–Trinajstić information content (AvgIpc) is 3.04. The molecule has 0 fully saturated rings. The van der Waals surface area contributed by atoms with Crippen molar-refractivity contribution in [3.63, 3.8) is 0 Å². The molecule has 0 aliphatic heterocycles. The van der Waals surface area contributed by atoms with Gasteiger partial charge in [0.2, 0.25) is 10.4 Å². The zero-order chi connectivity index (χ0) is 35.2. The van der Waals surface area contributed by atoms with Crippen LogP contribution in [0.25, 0.3) is 0 Å². The molecule has 5 nitrogen and oxygen atoms in total. The number of unbranched alkanes of at least 4 members (excludes halogenated alkanes) is 32. The first-order chi connectivity index (χ1) is 22.7. The smallest absolute Gasteiger partial charge is 0.217 e. The average molecular weight is 690 g/mol. The molecule has 0 saturated carbocycles. The van der Waals surface area contributed by atoms with Crippen LogP contribution in [0.15, 0.2) is 0 Å². The van der Waals surface area contributed by atoms with E-state index in [1.165, 1.54) is 236 Å². The first-order valence-corrected chi connectivity index (χ1v) is 22.3. The van der Waals surface area contributed by atoms with Gasteiger partial charge in [-0.25, -0.2) is 8.42 Å². The molecule has 0 aliphatic rings. The molecule has 0 amide bonds. The lowest BCUT2D eigenvalue weighted by molar-refractivity contribution is -0.890. The van der Waals surface area contributed by atoms with Gasteiger partial charge in [-0.05, 0) is 25.7 Å². The van der Waals surface area contributed by atoms with E-state index >= 15 is 0 Å². The van der Waals surface area contributed by atoms with Gasteiger partial charge < -0.3 is 9.04 Å². The van der Waals surface area contributed by atoms with Crippen LogP contribution in [-0.4, -0.2) is 51.7 Å². The van der Waals surface area contributed by atoms with Crippen molar-refractivity contribution in [2.24, 2.45) is 0 Å². The van der Waals surface area contributed by atoms with Crippen molar-refractivity contribution in [1.82, 2.24) is 0 Å². The fourth-order valence-corrected chi connectivity index (χ4v) is 6.64. The topological polar surface area (TPSA) is 66.4 Å². The summed E-state index contributed by atoms with van der Waals surface area (Å²) in [5, 5.41) is 0. The summed E-state index contributed by atoms with van der Waals surface area (Å²) in [7, 11) is 1.34. The third-order valence-electron chi connectivity index (χ3n) is 9.94. The molecule has 0 aromatic heterocycles. The lowest BCUT2D eigenvalue weighted by Crippen LogP contribution is -2.41. The van der Waals surface area contributed by atoms with Crippen LogP contribution in [0.4, 0.5) is 0 Å². The standard InChI is InChI=1S/C40H84N.CH4O4S/c1-5-7-9-11-13-15-17-19-21-22-23-24-25-26-28-30-32-34-36-38-40-41(3,4)39-37-35-33-31-29-27-20-18-16-14-12-10-8-6-2;1-5-6(2,3)4/h5-40H2,1-4H3;1H3,(H,2,3,4)/q+1;/p-1. The summed E-state index contributed by atoms with van der Waals surface area (Å²) in [6.45, 7) is 7.39. The monoisotopic (exact) mass is 690 g/mol. The molecular formula is C41H87NO4S. The fourth-order valence-electron chi connectivity index (χ4n) is 6.64. The quantitative estimate of drug-likeness (QED) is 0.0282. The zero-order valence-corrected chi connectivity index (χ0v) is 33.8. The molecule has 0 rings (SSSR count). The molecule has 0 spiro atoms. The van der Waals surface area contributed by atoms with Gasteiger partial charge in [-0.2, -0.15) is 0 Å². The molecule has 0 saturated heterocycles. The second kappa shape index (κ2) is 38.6. The van der Waals surface area contributed by atoms with Crippen LogP contribution in [0.3, 0.4) is 0 Å². The van der Waals surface area contributed by atoms with Gasteiger partial charge in [0.25, 0.3) is 0 Å². The lowest BCUT2D eigenvalue weighted by atomic mass is 10.0. The van der Waals surface area contributed by atoms with E-state index in [0.717, 1.165) is 7.11 Å². The first-order valence-electron chi connectivity index (χ1n) is 21.0. The molecule has 286 valence electrons. The Bertz CT molecular complexity index is 683. The molecule has 0 atom stereocenters. The number of rotatable bonds is 37. The van der Waals surface area contributed by atoms with E-state index < -0.39 is 10.4 Å². The van der Waals surface area contributed by atoms with Crippen molar-refractivity contribution < 1.29 is 21.6 Å². The number of hydrogen-bond donors (Lipinski definition) is 0. The summed E-state index contributed by atoms with van der Waals surface area (Å²) in [5.74, 6) is 0. The SMILES string of the molecule is CCCCCCCCCCCCCCCCCCCCCC[N+](C)(C)CCCCCCCCCCCCCCCC.COS(=O)(=O)[O-]. The number of quaternary nitrogens is 1. The highest BCUT2D eigenvalue weighted by molar-refractivity contribution is 7.80. The Morgan fingerprint density at radius 2 is 0.532 bits per heavy atom. The second-order valence-electron chi connectivity index (χ2n) is 15.3. The van der Waals surface area contributed by atoms with E-state index in [1.54, 1.807) is 0 Å². The van der Waals surface area contributed by atoms with E-state index in [9.17, 15) is 13.0 Å². The van der Waals surface area contributed by atoms with Gasteiger partial charge >= 0.3 is 0 Å². The third-order valence-corrected chi connectivity index (χ3v) is 10.3. The van der Waals surface area contributed by atoms with Gasteiger partial charge in [0.05, 0.1) is 34.3 Å². The van der Waals surface area contributed by atoms with Gasteiger partial charge in [-0.3, -0.25) is 4.18 Å². The van der Waals surface area contributed by atoms with E-state index in [0.29, 0.717) is 0 Å². The zero-order valence-electron chi connectivity index (χ0n) is 32.9. The molecule has 0 bridgehead atoms. The Kier molecular flexibility index (Phi) is 40.2. The van der Waals surface area contributed by atoms with Gasteiger partial charge in [0.1, 0.15) is 0 Å². The van der Waals surface area contributed by atoms with Crippen molar-refractivity contribution in [2.45, 2.75) is 232 Å². The van der Waals surface area contributed by atoms with Crippen LogP contribution in [0.5, 0.6) is 0 Å². The van der Waals surface area contributed by atoms with Crippen LogP contribution >= 0.6 is 0 Å². The molecule has 0 aromatic carbocycles. The maximum atomic E-state index is 9.22. The predicted octanol–water partition coefficient (Wildman–Crippen LogP) is 13.5. The molecule has 6 heteroatoms. The number of hydrogen-bond acceptors (Lipinski definition) is 4. The van der Waals surface area contributed by atoms with Crippen LogP contribution in [0, 0.1) is 0 Å².